The molecule has 0 aliphatic heterocycles. The summed E-state index contributed by atoms with van der Waals surface area (Å²) in [6.45, 7) is 6.43. The van der Waals surface area contributed by atoms with Gasteiger partial charge < -0.3 is 15.2 Å². The molecule has 20 heavy (non-hydrogen) atoms. The third kappa shape index (κ3) is 5.51. The Morgan fingerprint density at radius 2 is 2.00 bits per heavy atom. The lowest BCUT2D eigenvalue weighted by molar-refractivity contribution is 0.0377. The molecule has 0 heterocycles. The zero-order valence-corrected chi connectivity index (χ0v) is 12.6. The summed E-state index contributed by atoms with van der Waals surface area (Å²) < 4.78 is 10.8. The Bertz CT molecular complexity index is 430. The zero-order chi connectivity index (χ0) is 15.0. The van der Waals surface area contributed by atoms with Crippen molar-refractivity contribution in [3.63, 3.8) is 0 Å². The van der Waals surface area contributed by atoms with Crippen molar-refractivity contribution in [2.75, 3.05) is 12.3 Å². The second kappa shape index (κ2) is 8.46. The minimum absolute atomic E-state index is 0.140. The van der Waals surface area contributed by atoms with Gasteiger partial charge in [0, 0.05) is 0 Å². The highest BCUT2D eigenvalue weighted by Crippen LogP contribution is 2.23. The van der Waals surface area contributed by atoms with Crippen LogP contribution in [0.1, 0.15) is 56.8 Å². The fraction of sp³-hybridized carbons (Fsp3) is 0.562. The number of anilines is 1. The highest BCUT2D eigenvalue weighted by molar-refractivity contribution is 5.90. The molecule has 4 heteroatoms. The van der Waals surface area contributed by atoms with E-state index in [1.165, 1.54) is 12.8 Å². The average molecular weight is 279 g/mol. The number of nitrogens with two attached hydrogens (primary N) is 1. The Labute approximate surface area is 121 Å². The molecular weight excluding hydrogens is 254 g/mol. The number of ether oxygens (including phenoxy) is 2. The summed E-state index contributed by atoms with van der Waals surface area (Å²) in [6.07, 6.45) is 4.40. The first-order valence-corrected chi connectivity index (χ1v) is 7.28. The van der Waals surface area contributed by atoms with Crippen molar-refractivity contribution in [3.05, 3.63) is 23.8 Å². The lowest BCUT2D eigenvalue weighted by Crippen LogP contribution is -2.12. The molecule has 0 aliphatic carbocycles. The van der Waals surface area contributed by atoms with Crippen LogP contribution < -0.4 is 10.5 Å². The quantitative estimate of drug-likeness (QED) is 0.447. The van der Waals surface area contributed by atoms with Gasteiger partial charge >= 0.3 is 5.97 Å². The highest BCUT2D eigenvalue weighted by atomic mass is 16.5. The van der Waals surface area contributed by atoms with Gasteiger partial charge in [-0.15, -0.1) is 0 Å². The summed E-state index contributed by atoms with van der Waals surface area (Å²) in [7, 11) is 0. The van der Waals surface area contributed by atoms with E-state index >= 15 is 0 Å². The molecule has 0 aliphatic rings. The van der Waals surface area contributed by atoms with Crippen LogP contribution in [0.2, 0.25) is 0 Å². The van der Waals surface area contributed by atoms with Gasteiger partial charge in [-0.05, 0) is 38.5 Å². The van der Waals surface area contributed by atoms with Crippen LogP contribution in [0.5, 0.6) is 5.75 Å². The topological polar surface area (TPSA) is 61.5 Å². The van der Waals surface area contributed by atoms with Gasteiger partial charge in [-0.25, -0.2) is 4.79 Å². The van der Waals surface area contributed by atoms with Crippen LogP contribution in [0.15, 0.2) is 18.2 Å². The van der Waals surface area contributed by atoms with E-state index in [0.29, 0.717) is 23.6 Å². The molecule has 0 unspecified atom stereocenters. The number of benzene rings is 1. The predicted octanol–water partition coefficient (Wildman–Crippen LogP) is 3.79. The highest BCUT2D eigenvalue weighted by Gasteiger charge is 2.12. The molecule has 0 amide bonds. The Kier molecular flexibility index (Phi) is 6.91. The van der Waals surface area contributed by atoms with Crippen molar-refractivity contribution < 1.29 is 14.3 Å². The first-order chi connectivity index (χ1) is 9.54. The van der Waals surface area contributed by atoms with Gasteiger partial charge in [0.05, 0.1) is 24.0 Å². The maximum Gasteiger partial charge on any atom is 0.338 e. The van der Waals surface area contributed by atoms with Gasteiger partial charge in [-0.1, -0.05) is 26.2 Å². The van der Waals surface area contributed by atoms with Crippen molar-refractivity contribution in [2.45, 2.75) is 52.6 Å². The van der Waals surface area contributed by atoms with Crippen LogP contribution in [-0.2, 0) is 4.74 Å². The molecule has 1 rings (SSSR count). The van der Waals surface area contributed by atoms with E-state index in [-0.39, 0.29) is 12.1 Å². The molecule has 4 nitrogen and oxygen atoms in total. The molecule has 0 atom stereocenters. The summed E-state index contributed by atoms with van der Waals surface area (Å²) in [5, 5.41) is 0. The predicted molar refractivity (Wildman–Crippen MR) is 81.0 cm³/mol. The molecule has 1 aromatic carbocycles. The minimum atomic E-state index is -0.351. The smallest absolute Gasteiger partial charge is 0.338 e. The van der Waals surface area contributed by atoms with Crippen LogP contribution in [0.3, 0.4) is 0 Å². The van der Waals surface area contributed by atoms with E-state index in [1.54, 1.807) is 18.2 Å². The number of unbranched alkanes of at least 4 members (excludes halogenated alkanes) is 3. The maximum absolute atomic E-state index is 11.8. The molecular formula is C16H25NO3. The van der Waals surface area contributed by atoms with E-state index < -0.39 is 0 Å². The van der Waals surface area contributed by atoms with Gasteiger partial charge in [0.15, 0.2) is 0 Å². The average Bonchev–Trinajstić information content (AvgIpc) is 2.39. The Morgan fingerprint density at radius 1 is 1.25 bits per heavy atom. The van der Waals surface area contributed by atoms with Crippen molar-refractivity contribution in [1.82, 2.24) is 0 Å². The van der Waals surface area contributed by atoms with Crippen molar-refractivity contribution >= 4 is 11.7 Å². The Morgan fingerprint density at radius 3 is 2.65 bits per heavy atom. The summed E-state index contributed by atoms with van der Waals surface area (Å²) in [5.74, 6) is 0.204. The molecule has 0 saturated carbocycles. The number of carbonyl (C=O) groups excluding carboxylic acids is 1. The third-order valence-electron chi connectivity index (χ3n) is 2.85. The normalized spacial score (nSPS) is 10.6. The molecule has 0 fully saturated rings. The molecule has 112 valence electrons. The lowest BCUT2D eigenvalue weighted by atomic mass is 10.2. The summed E-state index contributed by atoms with van der Waals surface area (Å²) in [5.41, 5.74) is 6.87. The Balaban J connectivity index is 2.59. The summed E-state index contributed by atoms with van der Waals surface area (Å²) in [4.78, 5) is 11.8. The third-order valence-corrected chi connectivity index (χ3v) is 2.85. The number of hydrogen-bond acceptors (Lipinski definition) is 4. The number of nitrogen functional groups attached to an aromatic ring is 1. The van der Waals surface area contributed by atoms with Crippen LogP contribution in [0.4, 0.5) is 5.69 Å². The second-order valence-electron chi connectivity index (χ2n) is 5.12. The first-order valence-electron chi connectivity index (χ1n) is 7.28. The van der Waals surface area contributed by atoms with Crippen LogP contribution >= 0.6 is 0 Å². The lowest BCUT2D eigenvalue weighted by Gasteiger charge is -2.12. The molecule has 0 aromatic heterocycles. The van der Waals surface area contributed by atoms with E-state index in [4.69, 9.17) is 15.2 Å². The number of rotatable bonds is 8. The second-order valence-corrected chi connectivity index (χ2v) is 5.12. The number of esters is 1. The van der Waals surface area contributed by atoms with Gasteiger partial charge in [0.1, 0.15) is 5.75 Å². The van der Waals surface area contributed by atoms with Gasteiger partial charge in [-0.2, -0.15) is 0 Å². The van der Waals surface area contributed by atoms with E-state index in [9.17, 15) is 4.79 Å². The minimum Gasteiger partial charge on any atom is -0.491 e. The number of hydrogen-bond donors (Lipinski definition) is 1. The largest absolute Gasteiger partial charge is 0.491 e. The zero-order valence-electron chi connectivity index (χ0n) is 12.6. The molecule has 0 radical (unpaired) electrons. The monoisotopic (exact) mass is 279 g/mol. The molecule has 0 bridgehead atoms. The van der Waals surface area contributed by atoms with Gasteiger partial charge in [-0.3, -0.25) is 0 Å². The molecule has 0 saturated heterocycles. The van der Waals surface area contributed by atoms with E-state index in [0.717, 1.165) is 12.8 Å². The SMILES string of the molecule is CCCCCCOc1cc(C(=O)OC(C)C)ccc1N. The van der Waals surface area contributed by atoms with Crippen molar-refractivity contribution in [2.24, 2.45) is 0 Å². The van der Waals surface area contributed by atoms with Crippen molar-refractivity contribution in [1.29, 1.82) is 0 Å². The van der Waals surface area contributed by atoms with E-state index in [1.807, 2.05) is 13.8 Å². The van der Waals surface area contributed by atoms with Crippen molar-refractivity contribution in [3.8, 4) is 5.75 Å². The van der Waals surface area contributed by atoms with Crippen LogP contribution in [0.25, 0.3) is 0 Å². The standard InChI is InChI=1S/C16H25NO3/c1-4-5-6-7-10-19-15-11-13(8-9-14(15)17)16(18)20-12(2)3/h8-9,11-12H,4-7,10,17H2,1-3H3. The fourth-order valence-electron chi connectivity index (χ4n) is 1.78. The van der Waals surface area contributed by atoms with Crippen LogP contribution in [-0.4, -0.2) is 18.7 Å². The van der Waals surface area contributed by atoms with Gasteiger partial charge in [0.25, 0.3) is 0 Å². The summed E-state index contributed by atoms with van der Waals surface area (Å²) in [6, 6.07) is 4.99. The summed E-state index contributed by atoms with van der Waals surface area (Å²) >= 11 is 0. The first kappa shape index (κ1) is 16.3. The Hall–Kier alpha value is -1.71. The number of carbonyl (C=O) groups is 1. The molecule has 1 aromatic rings. The van der Waals surface area contributed by atoms with Gasteiger partial charge in [0.2, 0.25) is 0 Å². The van der Waals surface area contributed by atoms with E-state index in [2.05, 4.69) is 6.92 Å². The van der Waals surface area contributed by atoms with Crippen LogP contribution in [0, 0.1) is 0 Å². The fourth-order valence-corrected chi connectivity index (χ4v) is 1.78. The molecule has 2 N–H and O–H groups in total. The maximum atomic E-state index is 11.8. The molecule has 0 spiro atoms.